The number of rotatable bonds is 6. The average Bonchev–Trinajstić information content (AvgIpc) is 3.19. The van der Waals surface area contributed by atoms with Crippen LogP contribution in [0, 0.1) is 12.7 Å². The molecule has 0 bridgehead atoms. The zero-order valence-corrected chi connectivity index (χ0v) is 18.3. The fourth-order valence-corrected chi connectivity index (χ4v) is 3.78. The van der Waals surface area contributed by atoms with Gasteiger partial charge in [-0.1, -0.05) is 19.1 Å². The topological polar surface area (TPSA) is 75.9 Å². The standard InChI is InChI=1S/C23H27FN6O/c1-14(18-6-8-19(24)9-7-18)12-30-13-17(11-25-30)5-10-20-26-15(2)21-22(27-20)29(4)16(3)23(31)28-21/h6-9,11,13-14,16H,5,10,12H2,1-4H3,(H,28,31)/t14-,16-/m0/s1. The van der Waals surface area contributed by atoms with Gasteiger partial charge in [0.05, 0.1) is 11.9 Å². The number of hydrogen-bond donors (Lipinski definition) is 1. The summed E-state index contributed by atoms with van der Waals surface area (Å²) in [5.41, 5.74) is 3.66. The first-order chi connectivity index (χ1) is 14.8. The van der Waals surface area contributed by atoms with E-state index in [0.29, 0.717) is 12.1 Å². The van der Waals surface area contributed by atoms with E-state index in [2.05, 4.69) is 22.3 Å². The van der Waals surface area contributed by atoms with Gasteiger partial charge < -0.3 is 10.2 Å². The van der Waals surface area contributed by atoms with Crippen molar-refractivity contribution in [2.75, 3.05) is 17.3 Å². The maximum absolute atomic E-state index is 13.1. The molecular weight excluding hydrogens is 395 g/mol. The van der Waals surface area contributed by atoms with Crippen LogP contribution in [0.1, 0.15) is 42.4 Å². The third kappa shape index (κ3) is 4.42. The number of halogens is 1. The molecule has 0 radical (unpaired) electrons. The minimum Gasteiger partial charge on any atom is -0.346 e. The molecule has 4 rings (SSSR count). The van der Waals surface area contributed by atoms with Crippen LogP contribution in [0.4, 0.5) is 15.9 Å². The summed E-state index contributed by atoms with van der Waals surface area (Å²) in [7, 11) is 1.88. The molecule has 3 aromatic rings. The maximum atomic E-state index is 13.1. The Bertz CT molecular complexity index is 1090. The van der Waals surface area contributed by atoms with Gasteiger partial charge in [-0.3, -0.25) is 9.48 Å². The van der Waals surface area contributed by atoms with Gasteiger partial charge in [0.1, 0.15) is 23.4 Å². The number of benzene rings is 1. The van der Waals surface area contributed by atoms with E-state index in [-0.39, 0.29) is 23.7 Å². The highest BCUT2D eigenvalue weighted by molar-refractivity contribution is 6.02. The largest absolute Gasteiger partial charge is 0.346 e. The normalized spacial score (nSPS) is 16.7. The van der Waals surface area contributed by atoms with E-state index in [1.807, 2.05) is 55.0 Å². The molecule has 7 nitrogen and oxygen atoms in total. The molecular formula is C23H27FN6O. The summed E-state index contributed by atoms with van der Waals surface area (Å²) < 4.78 is 15.1. The Morgan fingerprint density at radius 3 is 2.68 bits per heavy atom. The van der Waals surface area contributed by atoms with Crippen molar-refractivity contribution in [3.63, 3.8) is 0 Å². The minimum atomic E-state index is -0.268. The lowest BCUT2D eigenvalue weighted by atomic mass is 10.0. The summed E-state index contributed by atoms with van der Waals surface area (Å²) >= 11 is 0. The molecule has 0 unspecified atom stereocenters. The molecule has 0 fully saturated rings. The van der Waals surface area contributed by atoms with Gasteiger partial charge in [-0.2, -0.15) is 5.10 Å². The number of anilines is 2. The van der Waals surface area contributed by atoms with Crippen LogP contribution in [-0.4, -0.2) is 38.7 Å². The SMILES string of the molecule is Cc1nc(CCc2cnn(C[C@H](C)c3ccc(F)cc3)c2)nc2c1NC(=O)[C@H](C)N2C. The van der Waals surface area contributed by atoms with Crippen LogP contribution < -0.4 is 10.2 Å². The Hall–Kier alpha value is -3.29. The second-order valence-corrected chi connectivity index (χ2v) is 8.22. The number of carbonyl (C=O) groups excluding carboxylic acids is 1. The lowest BCUT2D eigenvalue weighted by Crippen LogP contribution is -2.45. The third-order valence-corrected chi connectivity index (χ3v) is 5.88. The van der Waals surface area contributed by atoms with E-state index in [4.69, 9.17) is 4.98 Å². The van der Waals surface area contributed by atoms with Crippen LogP contribution in [0.5, 0.6) is 0 Å². The molecule has 0 saturated heterocycles. The van der Waals surface area contributed by atoms with E-state index in [0.717, 1.165) is 41.4 Å². The molecule has 31 heavy (non-hydrogen) atoms. The number of aryl methyl sites for hydroxylation is 3. The predicted molar refractivity (Wildman–Crippen MR) is 118 cm³/mol. The van der Waals surface area contributed by atoms with Crippen LogP contribution in [0.2, 0.25) is 0 Å². The van der Waals surface area contributed by atoms with Gasteiger partial charge in [-0.25, -0.2) is 14.4 Å². The van der Waals surface area contributed by atoms with Gasteiger partial charge in [0.2, 0.25) is 5.91 Å². The van der Waals surface area contributed by atoms with E-state index in [1.54, 1.807) is 0 Å². The smallest absolute Gasteiger partial charge is 0.246 e. The fraction of sp³-hybridized carbons (Fsp3) is 0.391. The van der Waals surface area contributed by atoms with Crippen molar-refractivity contribution in [2.24, 2.45) is 0 Å². The van der Waals surface area contributed by atoms with Crippen molar-refractivity contribution in [3.05, 3.63) is 65.1 Å². The van der Waals surface area contributed by atoms with Crippen molar-refractivity contribution < 1.29 is 9.18 Å². The second kappa shape index (κ2) is 8.45. The Balaban J connectivity index is 1.41. The first kappa shape index (κ1) is 21.0. The Morgan fingerprint density at radius 1 is 1.19 bits per heavy atom. The predicted octanol–water partition coefficient (Wildman–Crippen LogP) is 3.49. The number of fused-ring (bicyclic) bond motifs is 1. The van der Waals surface area contributed by atoms with Gasteiger partial charge in [-0.15, -0.1) is 0 Å². The average molecular weight is 423 g/mol. The third-order valence-electron chi connectivity index (χ3n) is 5.88. The molecule has 162 valence electrons. The molecule has 1 amide bonds. The molecule has 1 N–H and O–H groups in total. The van der Waals surface area contributed by atoms with Crippen molar-refractivity contribution in [3.8, 4) is 0 Å². The van der Waals surface area contributed by atoms with Crippen LogP contribution in [0.3, 0.4) is 0 Å². The van der Waals surface area contributed by atoms with Gasteiger partial charge in [0.25, 0.3) is 0 Å². The fourth-order valence-electron chi connectivity index (χ4n) is 3.78. The quantitative estimate of drug-likeness (QED) is 0.658. The van der Waals surface area contributed by atoms with Crippen LogP contribution in [-0.2, 0) is 24.2 Å². The van der Waals surface area contributed by atoms with Crippen LogP contribution in [0.15, 0.2) is 36.7 Å². The molecule has 2 atom stereocenters. The first-order valence-corrected chi connectivity index (χ1v) is 10.5. The highest BCUT2D eigenvalue weighted by atomic mass is 19.1. The van der Waals surface area contributed by atoms with Crippen molar-refractivity contribution in [1.29, 1.82) is 0 Å². The number of likely N-dealkylation sites (N-methyl/N-ethyl adjacent to an activating group) is 1. The number of hydrogen-bond acceptors (Lipinski definition) is 5. The van der Waals surface area contributed by atoms with Gasteiger partial charge >= 0.3 is 0 Å². The van der Waals surface area contributed by atoms with Gasteiger partial charge in [0, 0.05) is 32.1 Å². The van der Waals surface area contributed by atoms with Crippen molar-refractivity contribution in [2.45, 2.75) is 52.1 Å². The summed E-state index contributed by atoms with van der Waals surface area (Å²) in [6.45, 7) is 6.58. The lowest BCUT2D eigenvalue weighted by molar-refractivity contribution is -0.117. The highest BCUT2D eigenvalue weighted by Crippen LogP contribution is 2.31. The number of aromatic nitrogens is 4. The molecule has 0 saturated carbocycles. The summed E-state index contributed by atoms with van der Waals surface area (Å²) in [5.74, 6) is 1.47. The Labute approximate surface area is 181 Å². The Kier molecular flexibility index (Phi) is 5.71. The summed E-state index contributed by atoms with van der Waals surface area (Å²) in [6, 6.07) is 6.35. The summed E-state index contributed by atoms with van der Waals surface area (Å²) in [6.07, 6.45) is 5.37. The molecule has 1 aliphatic rings. The van der Waals surface area contributed by atoms with E-state index in [1.165, 1.54) is 12.1 Å². The van der Waals surface area contributed by atoms with E-state index < -0.39 is 0 Å². The molecule has 1 aliphatic heterocycles. The van der Waals surface area contributed by atoms with E-state index in [9.17, 15) is 9.18 Å². The number of nitrogens with one attached hydrogen (secondary N) is 1. The Morgan fingerprint density at radius 2 is 1.94 bits per heavy atom. The lowest BCUT2D eigenvalue weighted by Gasteiger charge is -2.32. The zero-order valence-electron chi connectivity index (χ0n) is 18.3. The van der Waals surface area contributed by atoms with Gasteiger partial charge in [-0.05, 0) is 43.5 Å². The maximum Gasteiger partial charge on any atom is 0.246 e. The molecule has 8 heteroatoms. The highest BCUT2D eigenvalue weighted by Gasteiger charge is 2.30. The van der Waals surface area contributed by atoms with Gasteiger partial charge in [0.15, 0.2) is 5.82 Å². The zero-order chi connectivity index (χ0) is 22.1. The van der Waals surface area contributed by atoms with E-state index >= 15 is 0 Å². The molecule has 2 aromatic heterocycles. The summed E-state index contributed by atoms with van der Waals surface area (Å²) in [5, 5.41) is 7.38. The first-order valence-electron chi connectivity index (χ1n) is 10.5. The van der Waals surface area contributed by atoms with Crippen molar-refractivity contribution in [1.82, 2.24) is 19.7 Å². The molecule has 1 aromatic carbocycles. The van der Waals surface area contributed by atoms with Crippen LogP contribution >= 0.6 is 0 Å². The van der Waals surface area contributed by atoms with Crippen molar-refractivity contribution >= 4 is 17.4 Å². The molecule has 3 heterocycles. The number of amides is 1. The monoisotopic (exact) mass is 422 g/mol. The number of carbonyl (C=O) groups is 1. The second-order valence-electron chi connectivity index (χ2n) is 8.22. The minimum absolute atomic E-state index is 0.0447. The number of nitrogens with zero attached hydrogens (tertiary/aromatic N) is 5. The van der Waals surface area contributed by atoms with Crippen LogP contribution in [0.25, 0.3) is 0 Å². The molecule has 0 spiro atoms. The molecule has 0 aliphatic carbocycles. The summed E-state index contributed by atoms with van der Waals surface area (Å²) in [4.78, 5) is 23.2.